The molecule has 19 heavy (non-hydrogen) atoms. The van der Waals surface area contributed by atoms with Crippen molar-refractivity contribution >= 4 is 17.6 Å². The number of hydrogen-bond donors (Lipinski definition) is 2. The number of benzene rings is 1. The maximum Gasteiger partial charge on any atom is 0.471 e. The number of carbonyl (C=O) groups excluding carboxylic acids is 1. The minimum atomic E-state index is -5.00. The molecule has 2 N–H and O–H groups in total. The van der Waals surface area contributed by atoms with Crippen molar-refractivity contribution in [3.63, 3.8) is 0 Å². The largest absolute Gasteiger partial charge is 0.478 e. The molecule has 1 amide bonds. The minimum Gasteiger partial charge on any atom is -0.478 e. The van der Waals surface area contributed by atoms with Crippen LogP contribution in [0, 0.1) is 0 Å². The van der Waals surface area contributed by atoms with Crippen LogP contribution in [0.25, 0.3) is 0 Å². The number of carboxylic acids is 1. The second-order valence-electron chi connectivity index (χ2n) is 4.38. The molecule has 102 valence electrons. The van der Waals surface area contributed by atoms with Crippen molar-refractivity contribution in [2.45, 2.75) is 24.9 Å². The molecule has 2 rings (SSSR count). The number of carboxylic acid groups (broad SMARTS) is 1. The molecular formula is C12H10F3NO3. The third-order valence-corrected chi connectivity index (χ3v) is 2.77. The predicted molar refractivity (Wildman–Crippen MR) is 60.1 cm³/mol. The molecule has 0 aromatic heterocycles. The highest BCUT2D eigenvalue weighted by molar-refractivity contribution is 5.97. The van der Waals surface area contributed by atoms with E-state index in [1.165, 1.54) is 12.1 Å². The molecule has 7 heteroatoms. The van der Waals surface area contributed by atoms with Gasteiger partial charge in [-0.05, 0) is 42.5 Å². The van der Waals surface area contributed by atoms with Crippen LogP contribution >= 0.6 is 0 Å². The molecule has 0 aliphatic heterocycles. The molecule has 1 fully saturated rings. The van der Waals surface area contributed by atoms with Crippen molar-refractivity contribution < 1.29 is 27.9 Å². The van der Waals surface area contributed by atoms with Gasteiger partial charge in [0.05, 0.1) is 5.56 Å². The summed E-state index contributed by atoms with van der Waals surface area (Å²) in [5.74, 6) is -3.19. The lowest BCUT2D eigenvalue weighted by molar-refractivity contribution is -0.167. The quantitative estimate of drug-likeness (QED) is 0.889. The zero-order valence-corrected chi connectivity index (χ0v) is 9.62. The van der Waals surface area contributed by atoms with Crippen molar-refractivity contribution in [3.8, 4) is 0 Å². The Hall–Kier alpha value is -2.05. The molecule has 0 spiro atoms. The molecule has 1 aromatic rings. The average molecular weight is 273 g/mol. The van der Waals surface area contributed by atoms with Crippen LogP contribution in [-0.2, 0) is 4.79 Å². The summed E-state index contributed by atoms with van der Waals surface area (Å²) in [5, 5.41) is 10.6. The number of nitrogens with one attached hydrogen (secondary N) is 1. The van der Waals surface area contributed by atoms with E-state index >= 15 is 0 Å². The van der Waals surface area contributed by atoms with E-state index in [1.54, 1.807) is 5.32 Å². The molecule has 1 aliphatic rings. The van der Waals surface area contributed by atoms with Crippen LogP contribution in [0.5, 0.6) is 0 Å². The highest BCUT2D eigenvalue weighted by atomic mass is 19.4. The van der Waals surface area contributed by atoms with Crippen molar-refractivity contribution in [1.29, 1.82) is 0 Å². The van der Waals surface area contributed by atoms with Crippen LogP contribution in [0.15, 0.2) is 18.2 Å². The van der Waals surface area contributed by atoms with Gasteiger partial charge >= 0.3 is 18.1 Å². The third-order valence-electron chi connectivity index (χ3n) is 2.77. The van der Waals surface area contributed by atoms with E-state index in [9.17, 15) is 22.8 Å². The molecule has 0 heterocycles. The van der Waals surface area contributed by atoms with Crippen LogP contribution in [0.1, 0.15) is 34.7 Å². The van der Waals surface area contributed by atoms with Crippen LogP contribution in [0.3, 0.4) is 0 Å². The molecule has 4 nitrogen and oxygen atoms in total. The van der Waals surface area contributed by atoms with Crippen molar-refractivity contribution in [2.24, 2.45) is 0 Å². The molecule has 0 atom stereocenters. The first-order chi connectivity index (χ1) is 8.77. The van der Waals surface area contributed by atoms with E-state index in [2.05, 4.69) is 0 Å². The Morgan fingerprint density at radius 2 is 1.84 bits per heavy atom. The Labute approximate surface area is 106 Å². The zero-order chi connectivity index (χ0) is 14.2. The van der Waals surface area contributed by atoms with Crippen molar-refractivity contribution in [3.05, 3.63) is 29.3 Å². The van der Waals surface area contributed by atoms with Crippen LogP contribution in [0.4, 0.5) is 18.9 Å². The molecule has 1 saturated carbocycles. The monoisotopic (exact) mass is 273 g/mol. The molecule has 0 bridgehead atoms. The molecule has 0 saturated heterocycles. The number of anilines is 1. The minimum absolute atomic E-state index is 0.137. The molecule has 1 aromatic carbocycles. The summed E-state index contributed by atoms with van der Waals surface area (Å²) in [6.45, 7) is 0. The number of aromatic carboxylic acids is 1. The lowest BCUT2D eigenvalue weighted by Gasteiger charge is -2.10. The topological polar surface area (TPSA) is 66.4 Å². The van der Waals surface area contributed by atoms with Gasteiger partial charge in [0.1, 0.15) is 0 Å². The summed E-state index contributed by atoms with van der Waals surface area (Å²) in [6.07, 6.45) is -3.26. The Morgan fingerprint density at radius 3 is 2.32 bits per heavy atom. The molecule has 0 unspecified atom stereocenters. The Kier molecular flexibility index (Phi) is 3.21. The second-order valence-corrected chi connectivity index (χ2v) is 4.38. The van der Waals surface area contributed by atoms with Gasteiger partial charge in [-0.25, -0.2) is 4.79 Å². The molecule has 1 aliphatic carbocycles. The first-order valence-corrected chi connectivity index (χ1v) is 5.54. The van der Waals surface area contributed by atoms with E-state index in [-0.39, 0.29) is 17.2 Å². The van der Waals surface area contributed by atoms with E-state index < -0.39 is 18.1 Å². The predicted octanol–water partition coefficient (Wildman–Crippen LogP) is 2.76. The molecule has 0 radical (unpaired) electrons. The Morgan fingerprint density at radius 1 is 1.21 bits per heavy atom. The van der Waals surface area contributed by atoms with Crippen molar-refractivity contribution in [1.82, 2.24) is 0 Å². The van der Waals surface area contributed by atoms with Gasteiger partial charge in [0.15, 0.2) is 0 Å². The number of carbonyl (C=O) groups is 2. The lowest BCUT2D eigenvalue weighted by atomic mass is 10.1. The number of alkyl halides is 3. The fourth-order valence-corrected chi connectivity index (χ4v) is 1.70. The molecular weight excluding hydrogens is 263 g/mol. The smallest absolute Gasteiger partial charge is 0.471 e. The van der Waals surface area contributed by atoms with Crippen LogP contribution in [0.2, 0.25) is 0 Å². The van der Waals surface area contributed by atoms with Gasteiger partial charge in [-0.2, -0.15) is 13.2 Å². The van der Waals surface area contributed by atoms with Crippen LogP contribution in [-0.4, -0.2) is 23.2 Å². The number of amides is 1. The summed E-state index contributed by atoms with van der Waals surface area (Å²) in [4.78, 5) is 21.7. The van der Waals surface area contributed by atoms with Gasteiger partial charge in [0.25, 0.3) is 0 Å². The number of halogens is 3. The number of rotatable bonds is 3. The van der Waals surface area contributed by atoms with Gasteiger partial charge in [-0.3, -0.25) is 4.79 Å². The first kappa shape index (κ1) is 13.4. The van der Waals surface area contributed by atoms with Crippen LogP contribution < -0.4 is 5.32 Å². The highest BCUT2D eigenvalue weighted by Crippen LogP contribution is 2.41. The number of hydrogen-bond acceptors (Lipinski definition) is 2. The lowest BCUT2D eigenvalue weighted by Crippen LogP contribution is -2.30. The van der Waals surface area contributed by atoms with Crippen molar-refractivity contribution in [2.75, 3.05) is 5.32 Å². The normalized spacial score (nSPS) is 15.1. The fourth-order valence-electron chi connectivity index (χ4n) is 1.70. The Bertz CT molecular complexity index is 536. The van der Waals surface area contributed by atoms with E-state index in [1.807, 2.05) is 0 Å². The maximum absolute atomic E-state index is 12.1. The van der Waals surface area contributed by atoms with Gasteiger partial charge in [0.2, 0.25) is 0 Å². The summed E-state index contributed by atoms with van der Waals surface area (Å²) in [5.41, 5.74) is 0.350. The summed E-state index contributed by atoms with van der Waals surface area (Å²) in [6, 6.07) is 3.81. The van der Waals surface area contributed by atoms with Gasteiger partial charge in [0, 0.05) is 5.69 Å². The van der Waals surface area contributed by atoms with E-state index in [0.29, 0.717) is 5.56 Å². The van der Waals surface area contributed by atoms with Gasteiger partial charge in [-0.1, -0.05) is 0 Å². The summed E-state index contributed by atoms with van der Waals surface area (Å²) in [7, 11) is 0. The third kappa shape index (κ3) is 3.24. The SMILES string of the molecule is O=C(O)c1cc(NC(=O)C(F)(F)F)cc(C2CC2)c1. The fraction of sp³-hybridized carbons (Fsp3) is 0.333. The Balaban J connectivity index is 2.29. The van der Waals surface area contributed by atoms with Gasteiger partial charge < -0.3 is 10.4 Å². The summed E-state index contributed by atoms with van der Waals surface area (Å²) < 4.78 is 36.4. The maximum atomic E-state index is 12.1. The second kappa shape index (κ2) is 4.56. The standard InChI is InChI=1S/C12H10F3NO3/c13-12(14,15)11(19)16-9-4-7(6-1-2-6)3-8(5-9)10(17)18/h3-6H,1-2H2,(H,16,19)(H,17,18). The van der Waals surface area contributed by atoms with Gasteiger partial charge in [-0.15, -0.1) is 0 Å². The first-order valence-electron chi connectivity index (χ1n) is 5.54. The highest BCUT2D eigenvalue weighted by Gasteiger charge is 2.39. The average Bonchev–Trinajstić information content (AvgIpc) is 3.10. The van der Waals surface area contributed by atoms with E-state index in [0.717, 1.165) is 18.9 Å². The summed E-state index contributed by atoms with van der Waals surface area (Å²) >= 11 is 0. The zero-order valence-electron chi connectivity index (χ0n) is 9.62. The van der Waals surface area contributed by atoms with E-state index in [4.69, 9.17) is 5.11 Å².